The van der Waals surface area contributed by atoms with Crippen molar-refractivity contribution in [2.45, 2.75) is 51.6 Å². The summed E-state index contributed by atoms with van der Waals surface area (Å²) in [5, 5.41) is 11.1. The lowest BCUT2D eigenvalue weighted by atomic mass is 10.1. The minimum Gasteiger partial charge on any atom is -0.322 e. The second-order valence-electron chi connectivity index (χ2n) is 6.77. The van der Waals surface area contributed by atoms with Gasteiger partial charge in [0, 0.05) is 18.5 Å². The highest BCUT2D eigenvalue weighted by Crippen LogP contribution is 2.26. The number of aromatic nitrogens is 3. The van der Waals surface area contributed by atoms with Crippen molar-refractivity contribution >= 4 is 36.4 Å². The summed E-state index contributed by atoms with van der Waals surface area (Å²) in [5.74, 6) is 0.709. The van der Waals surface area contributed by atoms with Crippen molar-refractivity contribution in [3.05, 3.63) is 29.8 Å². The minimum absolute atomic E-state index is 0. The maximum absolute atomic E-state index is 14.1. The molecule has 144 valence electrons. The number of nitrogens with one attached hydrogen (secondary N) is 1. The van der Waals surface area contributed by atoms with Gasteiger partial charge < -0.3 is 15.6 Å². The third-order valence-electron chi connectivity index (χ3n) is 4.17. The van der Waals surface area contributed by atoms with Crippen LogP contribution in [0.15, 0.2) is 18.2 Å². The molecule has 0 bridgehead atoms. The van der Waals surface area contributed by atoms with Crippen molar-refractivity contribution in [2.24, 2.45) is 5.73 Å². The largest absolute Gasteiger partial charge is 0.322 e. The molecule has 0 unspecified atom stereocenters. The summed E-state index contributed by atoms with van der Waals surface area (Å²) in [7, 11) is 0. The molecule has 1 amide bonds. The Hall–Kier alpha value is -1.70. The topological polar surface area (TPSA) is 85.8 Å². The summed E-state index contributed by atoms with van der Waals surface area (Å²) >= 11 is 0. The molecule has 2 heterocycles. The van der Waals surface area contributed by atoms with Crippen molar-refractivity contribution in [3.8, 4) is 11.4 Å². The van der Waals surface area contributed by atoms with Gasteiger partial charge in [0.2, 0.25) is 5.91 Å². The van der Waals surface area contributed by atoms with Gasteiger partial charge >= 0.3 is 0 Å². The second-order valence-corrected chi connectivity index (χ2v) is 6.77. The Morgan fingerprint density at radius 1 is 1.23 bits per heavy atom. The van der Waals surface area contributed by atoms with Gasteiger partial charge in [-0.1, -0.05) is 6.42 Å². The van der Waals surface area contributed by atoms with E-state index in [-0.39, 0.29) is 30.5 Å². The van der Waals surface area contributed by atoms with E-state index in [9.17, 15) is 9.18 Å². The molecule has 1 aromatic carbocycles. The maximum Gasteiger partial charge on any atom is 0.243 e. The Kier molecular flexibility index (Phi) is 7.56. The monoisotopic (exact) mass is 403 g/mol. The minimum atomic E-state index is -1.09. The molecular weight excluding hydrogens is 380 g/mol. The van der Waals surface area contributed by atoms with Crippen LogP contribution in [-0.4, -0.2) is 26.2 Å². The van der Waals surface area contributed by atoms with Crippen molar-refractivity contribution in [3.63, 3.8) is 0 Å². The number of carbonyl (C=O) groups is 1. The second kappa shape index (κ2) is 8.79. The summed E-state index contributed by atoms with van der Waals surface area (Å²) in [6, 6.07) is 4.56. The molecule has 26 heavy (non-hydrogen) atoms. The fraction of sp³-hybridized carbons (Fsp3) is 0.471. The number of fused-ring (bicyclic) bond motifs is 1. The van der Waals surface area contributed by atoms with Crippen molar-refractivity contribution in [2.75, 3.05) is 5.32 Å². The predicted molar refractivity (Wildman–Crippen MR) is 104 cm³/mol. The number of carbonyl (C=O) groups excluding carboxylic acids is 1. The van der Waals surface area contributed by atoms with Crippen LogP contribution in [0.3, 0.4) is 0 Å². The van der Waals surface area contributed by atoms with Crippen LogP contribution < -0.4 is 11.1 Å². The van der Waals surface area contributed by atoms with Crippen molar-refractivity contribution < 1.29 is 9.18 Å². The lowest BCUT2D eigenvalue weighted by Gasteiger charge is -2.18. The van der Waals surface area contributed by atoms with Gasteiger partial charge in [-0.3, -0.25) is 4.79 Å². The number of benzene rings is 1. The summed E-state index contributed by atoms with van der Waals surface area (Å²) in [6.07, 6.45) is 4.25. The summed E-state index contributed by atoms with van der Waals surface area (Å²) < 4.78 is 16.1. The van der Waals surface area contributed by atoms with E-state index in [0.29, 0.717) is 5.82 Å². The number of aryl methyl sites for hydroxylation is 1. The summed E-state index contributed by atoms with van der Waals surface area (Å²) in [6.45, 7) is 4.00. The Bertz CT molecular complexity index is 773. The third-order valence-corrected chi connectivity index (χ3v) is 4.17. The average molecular weight is 404 g/mol. The van der Waals surface area contributed by atoms with E-state index in [2.05, 4.69) is 20.1 Å². The fourth-order valence-electron chi connectivity index (χ4n) is 2.74. The van der Waals surface area contributed by atoms with E-state index in [4.69, 9.17) is 5.73 Å². The van der Waals surface area contributed by atoms with Crippen LogP contribution in [0.4, 0.5) is 10.1 Å². The quantitative estimate of drug-likeness (QED) is 0.822. The highest BCUT2D eigenvalue weighted by Gasteiger charge is 2.23. The molecule has 0 atom stereocenters. The molecule has 0 saturated heterocycles. The fourth-order valence-corrected chi connectivity index (χ4v) is 2.74. The average Bonchev–Trinajstić information content (AvgIpc) is 2.77. The predicted octanol–water partition coefficient (Wildman–Crippen LogP) is 3.33. The normalized spacial score (nSPS) is 13.7. The van der Waals surface area contributed by atoms with Gasteiger partial charge in [-0.25, -0.2) is 4.39 Å². The molecule has 0 spiro atoms. The third kappa shape index (κ3) is 4.72. The van der Waals surface area contributed by atoms with Gasteiger partial charge in [-0.05, 0) is 44.9 Å². The molecule has 9 heteroatoms. The van der Waals surface area contributed by atoms with Gasteiger partial charge in [0.25, 0.3) is 0 Å². The SMILES string of the molecule is CC(C)(N)C(=O)Nc1cc(-c2nnc3n2CCCCC3)ccc1F.Cl.Cl. The molecule has 0 fully saturated rings. The first kappa shape index (κ1) is 22.3. The number of nitrogens with zero attached hydrogens (tertiary/aromatic N) is 3. The lowest BCUT2D eigenvalue weighted by Crippen LogP contribution is -2.45. The molecule has 6 nitrogen and oxygen atoms in total. The van der Waals surface area contributed by atoms with Crippen LogP contribution in [-0.2, 0) is 17.8 Å². The van der Waals surface area contributed by atoms with Gasteiger partial charge in [0.05, 0.1) is 11.2 Å². The highest BCUT2D eigenvalue weighted by molar-refractivity contribution is 5.97. The molecule has 0 aliphatic carbocycles. The van der Waals surface area contributed by atoms with E-state index in [1.165, 1.54) is 12.5 Å². The van der Waals surface area contributed by atoms with Crippen LogP contribution in [0, 0.1) is 5.82 Å². The molecule has 3 N–H and O–H groups in total. The Morgan fingerprint density at radius 3 is 2.65 bits per heavy atom. The van der Waals surface area contributed by atoms with Crippen molar-refractivity contribution in [1.82, 2.24) is 14.8 Å². The van der Waals surface area contributed by atoms with Crippen LogP contribution >= 0.6 is 24.8 Å². The molecule has 1 aliphatic heterocycles. The zero-order valence-electron chi connectivity index (χ0n) is 14.8. The number of amides is 1. The van der Waals surface area contributed by atoms with Crippen LogP contribution in [0.1, 0.15) is 38.9 Å². The first-order chi connectivity index (χ1) is 11.4. The highest BCUT2D eigenvalue weighted by atomic mass is 35.5. The Balaban J connectivity index is 0.00000169. The molecule has 0 radical (unpaired) electrons. The van der Waals surface area contributed by atoms with E-state index in [1.54, 1.807) is 26.0 Å². The zero-order valence-corrected chi connectivity index (χ0v) is 16.4. The summed E-state index contributed by atoms with van der Waals surface area (Å²) in [5.41, 5.74) is 5.49. The van der Waals surface area contributed by atoms with E-state index >= 15 is 0 Å². The number of nitrogens with two attached hydrogens (primary N) is 1. The molecular formula is C17H24Cl2FN5O. The van der Waals surface area contributed by atoms with Gasteiger partial charge in [0.1, 0.15) is 11.6 Å². The smallest absolute Gasteiger partial charge is 0.243 e. The van der Waals surface area contributed by atoms with Crippen LogP contribution in [0.2, 0.25) is 0 Å². The Labute approximate surface area is 164 Å². The van der Waals surface area contributed by atoms with Gasteiger partial charge in [-0.15, -0.1) is 35.0 Å². The number of hydrogen-bond acceptors (Lipinski definition) is 4. The lowest BCUT2D eigenvalue weighted by molar-refractivity contribution is -0.120. The Morgan fingerprint density at radius 2 is 1.96 bits per heavy atom. The van der Waals surface area contributed by atoms with E-state index in [1.807, 2.05) is 0 Å². The molecule has 0 saturated carbocycles. The molecule has 2 aromatic rings. The number of hydrogen-bond donors (Lipinski definition) is 2. The van der Waals surface area contributed by atoms with Crippen LogP contribution in [0.25, 0.3) is 11.4 Å². The zero-order chi connectivity index (χ0) is 17.3. The molecule has 1 aromatic heterocycles. The van der Waals surface area contributed by atoms with Crippen LogP contribution in [0.5, 0.6) is 0 Å². The summed E-state index contributed by atoms with van der Waals surface area (Å²) in [4.78, 5) is 12.0. The molecule has 3 rings (SSSR count). The van der Waals surface area contributed by atoms with Crippen molar-refractivity contribution in [1.29, 1.82) is 0 Å². The van der Waals surface area contributed by atoms with E-state index < -0.39 is 17.3 Å². The number of halogens is 3. The van der Waals surface area contributed by atoms with E-state index in [0.717, 1.165) is 37.2 Å². The van der Waals surface area contributed by atoms with Gasteiger partial charge in [0.15, 0.2) is 5.82 Å². The standard InChI is InChI=1S/C17H22FN5O.2ClH/c1-17(2,19)16(24)20-13-10-11(7-8-12(13)18)15-22-21-14-6-4-3-5-9-23(14)15;;/h7-8,10H,3-6,9,19H2,1-2H3,(H,20,24);2*1H. The first-order valence-corrected chi connectivity index (χ1v) is 8.18. The first-order valence-electron chi connectivity index (χ1n) is 8.18. The van der Waals surface area contributed by atoms with Gasteiger partial charge in [-0.2, -0.15) is 0 Å². The number of rotatable bonds is 3. The number of anilines is 1. The molecule has 1 aliphatic rings. The maximum atomic E-state index is 14.1.